The number of rotatable bonds is 5. The Bertz CT molecular complexity index is 401. The smallest absolute Gasteiger partial charge is 0.243 e. The average molecular weight is 267 g/mol. The first-order valence-electron chi connectivity index (χ1n) is 7.25. The third-order valence-electron chi connectivity index (χ3n) is 4.43. The fraction of sp³-hybridized carbons (Fsp3) is 0.857. The first kappa shape index (κ1) is 14.5. The highest BCUT2D eigenvalue weighted by Crippen LogP contribution is 2.31. The molecular weight excluding hydrogens is 242 g/mol. The van der Waals surface area contributed by atoms with E-state index in [1.165, 1.54) is 12.8 Å². The third-order valence-corrected chi connectivity index (χ3v) is 4.43. The molecule has 1 fully saturated rings. The van der Waals surface area contributed by atoms with Crippen LogP contribution in [0.3, 0.4) is 0 Å². The van der Waals surface area contributed by atoms with Gasteiger partial charge in [0.2, 0.25) is 11.7 Å². The molecule has 1 aromatic heterocycles. The highest BCUT2D eigenvalue weighted by Gasteiger charge is 2.32. The van der Waals surface area contributed by atoms with Gasteiger partial charge in [0, 0.05) is 7.11 Å². The predicted molar refractivity (Wildman–Crippen MR) is 72.7 cm³/mol. The summed E-state index contributed by atoms with van der Waals surface area (Å²) in [6.45, 7) is 7.32. The van der Waals surface area contributed by atoms with Crippen LogP contribution in [0.2, 0.25) is 0 Å². The second kappa shape index (κ2) is 6.01. The lowest BCUT2D eigenvalue weighted by molar-refractivity contribution is -0.0106. The van der Waals surface area contributed by atoms with Crippen molar-refractivity contribution in [3.05, 3.63) is 11.7 Å². The third kappa shape index (κ3) is 2.98. The minimum Gasteiger partial charge on any atom is -0.370 e. The Morgan fingerprint density at radius 2 is 2.26 bits per heavy atom. The molecule has 1 saturated heterocycles. The minimum atomic E-state index is -0.458. The molecule has 5 heteroatoms. The highest BCUT2D eigenvalue weighted by molar-refractivity contribution is 5.02. The predicted octanol–water partition coefficient (Wildman–Crippen LogP) is 2.79. The molecule has 1 aliphatic heterocycles. The van der Waals surface area contributed by atoms with E-state index in [9.17, 15) is 0 Å². The van der Waals surface area contributed by atoms with Crippen molar-refractivity contribution in [1.82, 2.24) is 15.5 Å². The summed E-state index contributed by atoms with van der Waals surface area (Å²) in [6.07, 6.45) is 4.34. The summed E-state index contributed by atoms with van der Waals surface area (Å²) in [7, 11) is 1.69. The van der Waals surface area contributed by atoms with Crippen molar-refractivity contribution >= 4 is 0 Å². The topological polar surface area (TPSA) is 60.2 Å². The van der Waals surface area contributed by atoms with E-state index in [1.807, 2.05) is 6.92 Å². The summed E-state index contributed by atoms with van der Waals surface area (Å²) in [6, 6.07) is 0.193. The molecule has 0 amide bonds. The number of aromatic nitrogens is 2. The lowest BCUT2D eigenvalue weighted by Gasteiger charge is -2.27. The van der Waals surface area contributed by atoms with Gasteiger partial charge in [-0.1, -0.05) is 25.4 Å². The summed E-state index contributed by atoms with van der Waals surface area (Å²) in [5.74, 6) is 2.10. The number of methoxy groups -OCH3 is 1. The quantitative estimate of drug-likeness (QED) is 0.889. The Kier molecular flexibility index (Phi) is 4.58. The normalized spacial score (nSPS) is 27.2. The fourth-order valence-corrected chi connectivity index (χ4v) is 2.54. The number of nitrogens with zero attached hydrogens (tertiary/aromatic N) is 2. The number of nitrogens with one attached hydrogen (secondary N) is 1. The Morgan fingerprint density at radius 1 is 1.47 bits per heavy atom. The summed E-state index contributed by atoms with van der Waals surface area (Å²) in [5, 5.41) is 7.57. The molecule has 0 radical (unpaired) electrons. The lowest BCUT2D eigenvalue weighted by atomic mass is 9.90. The summed E-state index contributed by atoms with van der Waals surface area (Å²) in [4.78, 5) is 4.55. The first-order valence-corrected chi connectivity index (χ1v) is 7.25. The number of piperidine rings is 1. The van der Waals surface area contributed by atoms with Crippen LogP contribution in [-0.4, -0.2) is 23.8 Å². The summed E-state index contributed by atoms with van der Waals surface area (Å²) < 4.78 is 11.0. The van der Waals surface area contributed by atoms with E-state index in [0.717, 1.165) is 25.3 Å². The molecule has 0 aromatic carbocycles. The molecular formula is C14H25N3O2. The van der Waals surface area contributed by atoms with Gasteiger partial charge >= 0.3 is 0 Å². The maximum absolute atomic E-state index is 5.51. The van der Waals surface area contributed by atoms with Gasteiger partial charge in [-0.2, -0.15) is 4.98 Å². The van der Waals surface area contributed by atoms with Gasteiger partial charge in [0.15, 0.2) is 0 Å². The van der Waals surface area contributed by atoms with Gasteiger partial charge in [-0.15, -0.1) is 0 Å². The van der Waals surface area contributed by atoms with Crippen LogP contribution in [0.1, 0.15) is 64.2 Å². The monoisotopic (exact) mass is 267 g/mol. The number of hydrogen-bond donors (Lipinski definition) is 1. The maximum Gasteiger partial charge on any atom is 0.243 e. The molecule has 0 saturated carbocycles. The molecule has 5 nitrogen and oxygen atoms in total. The van der Waals surface area contributed by atoms with Crippen molar-refractivity contribution in [2.45, 2.75) is 58.1 Å². The van der Waals surface area contributed by atoms with E-state index < -0.39 is 5.60 Å². The van der Waals surface area contributed by atoms with Crippen LogP contribution in [0.4, 0.5) is 0 Å². The average Bonchev–Trinajstić information content (AvgIpc) is 2.97. The molecule has 2 rings (SSSR count). The van der Waals surface area contributed by atoms with Crippen LogP contribution >= 0.6 is 0 Å². The van der Waals surface area contributed by atoms with Crippen molar-refractivity contribution in [2.75, 3.05) is 13.7 Å². The Labute approximate surface area is 115 Å². The standard InChI is InChI=1S/C14H25N3O2/c1-5-10-7-8-15-11(9-10)12-16-13(17-19-12)14(3,6-2)18-4/h10-11,15H,5-9H2,1-4H3. The molecule has 0 bridgehead atoms. The van der Waals surface area contributed by atoms with Crippen molar-refractivity contribution in [2.24, 2.45) is 5.92 Å². The summed E-state index contributed by atoms with van der Waals surface area (Å²) >= 11 is 0. The number of ether oxygens (including phenoxy) is 1. The molecule has 108 valence electrons. The fourth-order valence-electron chi connectivity index (χ4n) is 2.54. The molecule has 1 aromatic rings. The van der Waals surface area contributed by atoms with E-state index in [-0.39, 0.29) is 6.04 Å². The zero-order chi connectivity index (χ0) is 13.9. The van der Waals surface area contributed by atoms with Gasteiger partial charge in [0.25, 0.3) is 0 Å². The molecule has 0 aliphatic carbocycles. The molecule has 1 N–H and O–H groups in total. The van der Waals surface area contributed by atoms with Gasteiger partial charge in [0.1, 0.15) is 5.60 Å². The van der Waals surface area contributed by atoms with Crippen LogP contribution in [0.25, 0.3) is 0 Å². The zero-order valence-corrected chi connectivity index (χ0v) is 12.4. The van der Waals surface area contributed by atoms with Crippen LogP contribution in [0.15, 0.2) is 4.52 Å². The van der Waals surface area contributed by atoms with Crippen LogP contribution in [0, 0.1) is 5.92 Å². The van der Waals surface area contributed by atoms with Crippen molar-refractivity contribution < 1.29 is 9.26 Å². The SMILES string of the molecule is CCC1CCNC(c2nc(C(C)(CC)OC)no2)C1. The van der Waals surface area contributed by atoms with Crippen LogP contribution in [0.5, 0.6) is 0 Å². The minimum absolute atomic E-state index is 0.193. The molecule has 19 heavy (non-hydrogen) atoms. The Balaban J connectivity index is 2.12. The molecule has 2 heterocycles. The molecule has 1 aliphatic rings. The van der Waals surface area contributed by atoms with Crippen molar-refractivity contribution in [1.29, 1.82) is 0 Å². The zero-order valence-electron chi connectivity index (χ0n) is 12.4. The lowest BCUT2D eigenvalue weighted by Crippen LogP contribution is -2.32. The van der Waals surface area contributed by atoms with Crippen LogP contribution in [-0.2, 0) is 10.3 Å². The Morgan fingerprint density at radius 3 is 2.89 bits per heavy atom. The Hall–Kier alpha value is -0.940. The molecule has 0 spiro atoms. The largest absolute Gasteiger partial charge is 0.370 e. The van der Waals surface area contributed by atoms with Gasteiger partial charge in [-0.05, 0) is 38.6 Å². The molecule has 3 unspecified atom stereocenters. The molecule has 3 atom stereocenters. The summed E-state index contributed by atoms with van der Waals surface area (Å²) in [5.41, 5.74) is -0.458. The van der Waals surface area contributed by atoms with E-state index in [2.05, 4.69) is 29.3 Å². The van der Waals surface area contributed by atoms with Crippen molar-refractivity contribution in [3.63, 3.8) is 0 Å². The number of hydrogen-bond acceptors (Lipinski definition) is 5. The van der Waals surface area contributed by atoms with E-state index >= 15 is 0 Å². The van der Waals surface area contributed by atoms with E-state index in [0.29, 0.717) is 11.7 Å². The van der Waals surface area contributed by atoms with Crippen LogP contribution < -0.4 is 5.32 Å². The van der Waals surface area contributed by atoms with Gasteiger partial charge in [-0.3, -0.25) is 0 Å². The van der Waals surface area contributed by atoms with Gasteiger partial charge < -0.3 is 14.6 Å². The van der Waals surface area contributed by atoms with Crippen molar-refractivity contribution in [3.8, 4) is 0 Å². The highest BCUT2D eigenvalue weighted by atomic mass is 16.5. The first-order chi connectivity index (χ1) is 9.12. The second-order valence-electron chi connectivity index (χ2n) is 5.55. The van der Waals surface area contributed by atoms with Gasteiger partial charge in [0.05, 0.1) is 6.04 Å². The van der Waals surface area contributed by atoms with E-state index in [1.54, 1.807) is 7.11 Å². The maximum atomic E-state index is 5.51. The van der Waals surface area contributed by atoms with Gasteiger partial charge in [-0.25, -0.2) is 0 Å². The van der Waals surface area contributed by atoms with E-state index in [4.69, 9.17) is 9.26 Å². The second-order valence-corrected chi connectivity index (χ2v) is 5.55.